The molecule has 106 valence electrons. The van der Waals surface area contributed by atoms with Crippen LogP contribution in [0.5, 0.6) is 0 Å². The van der Waals surface area contributed by atoms with E-state index in [9.17, 15) is 5.11 Å². The van der Waals surface area contributed by atoms with Crippen LogP contribution in [0.3, 0.4) is 0 Å². The molecule has 1 N–H and O–H groups in total. The minimum absolute atomic E-state index is 0.410. The summed E-state index contributed by atoms with van der Waals surface area (Å²) in [6, 6.07) is 8.21. The molecule has 2 nitrogen and oxygen atoms in total. The average molecular weight is 262 g/mol. The highest BCUT2D eigenvalue weighted by molar-refractivity contribution is 5.26. The van der Waals surface area contributed by atoms with Crippen LogP contribution in [-0.4, -0.2) is 18.3 Å². The Kier molecular flexibility index (Phi) is 5.41. The van der Waals surface area contributed by atoms with Crippen LogP contribution in [-0.2, 0) is 4.74 Å². The molecule has 0 bridgehead atoms. The van der Waals surface area contributed by atoms with Crippen LogP contribution in [0.15, 0.2) is 24.3 Å². The van der Waals surface area contributed by atoms with Gasteiger partial charge < -0.3 is 9.84 Å². The van der Waals surface area contributed by atoms with Gasteiger partial charge in [-0.3, -0.25) is 0 Å². The third-order valence-electron chi connectivity index (χ3n) is 4.16. The summed E-state index contributed by atoms with van der Waals surface area (Å²) in [5.74, 6) is 1.41. The highest BCUT2D eigenvalue weighted by Crippen LogP contribution is 2.29. The van der Waals surface area contributed by atoms with Crippen molar-refractivity contribution in [1.82, 2.24) is 0 Å². The molecule has 2 heteroatoms. The summed E-state index contributed by atoms with van der Waals surface area (Å²) in [6.07, 6.45) is 4.77. The van der Waals surface area contributed by atoms with Crippen molar-refractivity contribution in [2.24, 2.45) is 5.92 Å². The quantitative estimate of drug-likeness (QED) is 0.751. The van der Waals surface area contributed by atoms with Crippen molar-refractivity contribution in [2.75, 3.05) is 13.2 Å². The number of aliphatic hydroxyl groups excluding tert-OH is 1. The molecule has 1 aromatic rings. The molecule has 19 heavy (non-hydrogen) atoms. The van der Waals surface area contributed by atoms with Gasteiger partial charge >= 0.3 is 0 Å². The first-order chi connectivity index (χ1) is 9.16. The van der Waals surface area contributed by atoms with Crippen LogP contribution in [0.2, 0.25) is 0 Å². The van der Waals surface area contributed by atoms with Crippen molar-refractivity contribution in [2.45, 2.75) is 51.6 Å². The van der Waals surface area contributed by atoms with Gasteiger partial charge in [-0.1, -0.05) is 57.4 Å². The fourth-order valence-electron chi connectivity index (χ4n) is 2.43. The molecule has 0 aromatic heterocycles. The van der Waals surface area contributed by atoms with Gasteiger partial charge in [-0.05, 0) is 29.4 Å². The number of benzene rings is 1. The molecule has 1 aromatic carbocycles. The summed E-state index contributed by atoms with van der Waals surface area (Å²) in [5.41, 5.74) is 2.26. The van der Waals surface area contributed by atoms with E-state index in [1.54, 1.807) is 0 Å². The van der Waals surface area contributed by atoms with Crippen molar-refractivity contribution in [1.29, 1.82) is 0 Å². The standard InChI is InChI=1S/C17H26O2/c1-13(2)15-6-8-16(9-7-15)17(18)12-19-11-10-14-4-3-5-14/h6-9,13-14,17-18H,3-5,10-12H2,1-2H3. The molecule has 0 aliphatic heterocycles. The lowest BCUT2D eigenvalue weighted by Crippen LogP contribution is -2.15. The number of aliphatic hydroxyl groups is 1. The lowest BCUT2D eigenvalue weighted by Gasteiger charge is -2.25. The molecular weight excluding hydrogens is 236 g/mol. The van der Waals surface area contributed by atoms with Gasteiger partial charge in [0, 0.05) is 6.61 Å². The SMILES string of the molecule is CC(C)c1ccc(C(O)COCCC2CCC2)cc1. The van der Waals surface area contributed by atoms with Crippen molar-refractivity contribution >= 4 is 0 Å². The lowest BCUT2D eigenvalue weighted by atomic mass is 9.83. The maximum absolute atomic E-state index is 10.1. The Morgan fingerprint density at radius 3 is 2.32 bits per heavy atom. The molecule has 0 heterocycles. The van der Waals surface area contributed by atoms with E-state index < -0.39 is 6.10 Å². The molecule has 0 saturated heterocycles. The summed E-state index contributed by atoms with van der Waals surface area (Å²) < 4.78 is 5.58. The van der Waals surface area contributed by atoms with Gasteiger partial charge in [0.2, 0.25) is 0 Å². The maximum Gasteiger partial charge on any atom is 0.102 e. The number of ether oxygens (including phenoxy) is 1. The van der Waals surface area contributed by atoms with Gasteiger partial charge in [-0.25, -0.2) is 0 Å². The van der Waals surface area contributed by atoms with E-state index in [1.165, 1.54) is 24.8 Å². The Bertz CT molecular complexity index is 365. The molecule has 1 saturated carbocycles. The van der Waals surface area contributed by atoms with Crippen molar-refractivity contribution in [3.8, 4) is 0 Å². The van der Waals surface area contributed by atoms with Crippen LogP contribution >= 0.6 is 0 Å². The number of hydrogen-bond donors (Lipinski definition) is 1. The molecule has 1 fully saturated rings. The van der Waals surface area contributed by atoms with Crippen LogP contribution in [0.1, 0.15) is 62.7 Å². The number of hydrogen-bond acceptors (Lipinski definition) is 2. The summed E-state index contributed by atoms with van der Waals surface area (Å²) in [4.78, 5) is 0. The zero-order valence-corrected chi connectivity index (χ0v) is 12.1. The number of rotatable bonds is 7. The fraction of sp³-hybridized carbons (Fsp3) is 0.647. The van der Waals surface area contributed by atoms with Gasteiger partial charge in [0.15, 0.2) is 0 Å². The first-order valence-electron chi connectivity index (χ1n) is 7.52. The smallest absolute Gasteiger partial charge is 0.102 e. The molecule has 2 rings (SSSR count). The maximum atomic E-state index is 10.1. The molecule has 0 spiro atoms. The highest BCUT2D eigenvalue weighted by Gasteiger charge is 2.17. The van der Waals surface area contributed by atoms with Crippen LogP contribution in [0.25, 0.3) is 0 Å². The highest BCUT2D eigenvalue weighted by atomic mass is 16.5. The van der Waals surface area contributed by atoms with E-state index in [1.807, 2.05) is 12.1 Å². The largest absolute Gasteiger partial charge is 0.386 e. The van der Waals surface area contributed by atoms with Crippen molar-refractivity contribution < 1.29 is 9.84 Å². The van der Waals surface area contributed by atoms with Crippen molar-refractivity contribution in [3.63, 3.8) is 0 Å². The Balaban J connectivity index is 1.70. The third-order valence-corrected chi connectivity index (χ3v) is 4.16. The molecule has 1 unspecified atom stereocenters. The average Bonchev–Trinajstić information content (AvgIpc) is 2.36. The zero-order chi connectivity index (χ0) is 13.7. The van der Waals surface area contributed by atoms with E-state index >= 15 is 0 Å². The Morgan fingerprint density at radius 2 is 1.79 bits per heavy atom. The van der Waals surface area contributed by atoms with E-state index in [-0.39, 0.29) is 0 Å². The minimum atomic E-state index is -0.498. The van der Waals surface area contributed by atoms with Crippen molar-refractivity contribution in [3.05, 3.63) is 35.4 Å². The Morgan fingerprint density at radius 1 is 1.16 bits per heavy atom. The normalized spacial score (nSPS) is 17.5. The zero-order valence-electron chi connectivity index (χ0n) is 12.1. The summed E-state index contributed by atoms with van der Waals surface area (Å²) >= 11 is 0. The van der Waals surface area contributed by atoms with Gasteiger partial charge in [0.05, 0.1) is 6.61 Å². The van der Waals surface area contributed by atoms with Gasteiger partial charge in [-0.2, -0.15) is 0 Å². The molecule has 0 amide bonds. The molecule has 0 radical (unpaired) electrons. The Labute approximate surface area is 116 Å². The lowest BCUT2D eigenvalue weighted by molar-refractivity contribution is 0.0266. The second-order valence-corrected chi connectivity index (χ2v) is 6.00. The first-order valence-corrected chi connectivity index (χ1v) is 7.52. The topological polar surface area (TPSA) is 29.5 Å². The first kappa shape index (κ1) is 14.5. The van der Waals surface area contributed by atoms with Gasteiger partial charge in [0.25, 0.3) is 0 Å². The summed E-state index contributed by atoms with van der Waals surface area (Å²) in [6.45, 7) is 5.55. The van der Waals surface area contributed by atoms with Gasteiger partial charge in [-0.15, -0.1) is 0 Å². The molecular formula is C17H26O2. The second-order valence-electron chi connectivity index (χ2n) is 6.00. The predicted molar refractivity (Wildman–Crippen MR) is 78.3 cm³/mol. The van der Waals surface area contributed by atoms with E-state index in [0.29, 0.717) is 12.5 Å². The monoisotopic (exact) mass is 262 g/mol. The molecule has 1 atom stereocenters. The third kappa shape index (κ3) is 4.32. The van der Waals surface area contributed by atoms with E-state index in [0.717, 1.165) is 24.5 Å². The fourth-order valence-corrected chi connectivity index (χ4v) is 2.43. The summed E-state index contributed by atoms with van der Waals surface area (Å²) in [7, 11) is 0. The van der Waals surface area contributed by atoms with Gasteiger partial charge in [0.1, 0.15) is 6.10 Å². The minimum Gasteiger partial charge on any atom is -0.386 e. The second kappa shape index (κ2) is 7.06. The molecule has 1 aliphatic rings. The van der Waals surface area contributed by atoms with Crippen LogP contribution in [0, 0.1) is 5.92 Å². The van der Waals surface area contributed by atoms with Crippen LogP contribution in [0.4, 0.5) is 0 Å². The van der Waals surface area contributed by atoms with Crippen LogP contribution < -0.4 is 0 Å². The predicted octanol–water partition coefficient (Wildman–Crippen LogP) is 4.05. The summed E-state index contributed by atoms with van der Waals surface area (Å²) in [5, 5.41) is 10.1. The Hall–Kier alpha value is -0.860. The molecule has 1 aliphatic carbocycles. The van der Waals surface area contributed by atoms with E-state index in [2.05, 4.69) is 26.0 Å². The van der Waals surface area contributed by atoms with E-state index in [4.69, 9.17) is 4.74 Å².